The zero-order valence-corrected chi connectivity index (χ0v) is 18.0. The first-order valence-corrected chi connectivity index (χ1v) is 11.0. The van der Waals surface area contributed by atoms with Gasteiger partial charge in [-0.2, -0.15) is 0 Å². The predicted octanol–water partition coefficient (Wildman–Crippen LogP) is 1.50. The van der Waals surface area contributed by atoms with Gasteiger partial charge in [0.2, 0.25) is 5.91 Å². The lowest BCUT2D eigenvalue weighted by Gasteiger charge is -2.33. The summed E-state index contributed by atoms with van der Waals surface area (Å²) in [6.45, 7) is 3.22. The van der Waals surface area contributed by atoms with Crippen LogP contribution in [0.4, 0.5) is 11.5 Å². The molecule has 1 aliphatic rings. The van der Waals surface area contributed by atoms with Gasteiger partial charge in [0.1, 0.15) is 5.82 Å². The summed E-state index contributed by atoms with van der Waals surface area (Å²) < 4.78 is 1.29. The SMILES string of the molecule is CCCCn1c(N)c(N(C)C(=O)C2CCCN(C(=O)c3cccs3)C2)c(=O)[nH]c1=O. The van der Waals surface area contributed by atoms with Crippen LogP contribution in [0.2, 0.25) is 0 Å². The summed E-state index contributed by atoms with van der Waals surface area (Å²) in [5.41, 5.74) is 4.82. The van der Waals surface area contributed by atoms with Crippen molar-refractivity contribution in [3.05, 3.63) is 43.2 Å². The van der Waals surface area contributed by atoms with E-state index in [1.807, 2.05) is 18.4 Å². The summed E-state index contributed by atoms with van der Waals surface area (Å²) >= 11 is 1.37. The number of unbranched alkanes of at least 4 members (excludes halogenated alkanes) is 1. The van der Waals surface area contributed by atoms with E-state index in [-0.39, 0.29) is 29.9 Å². The highest BCUT2D eigenvalue weighted by atomic mass is 32.1. The molecule has 30 heavy (non-hydrogen) atoms. The molecule has 9 nitrogen and oxygen atoms in total. The second-order valence-electron chi connectivity index (χ2n) is 7.46. The number of carbonyl (C=O) groups excluding carboxylic acids is 2. The smallest absolute Gasteiger partial charge is 0.330 e. The van der Waals surface area contributed by atoms with Gasteiger partial charge in [-0.25, -0.2) is 4.79 Å². The van der Waals surface area contributed by atoms with Crippen molar-refractivity contribution in [2.75, 3.05) is 30.8 Å². The molecule has 1 atom stereocenters. The van der Waals surface area contributed by atoms with Crippen molar-refractivity contribution in [1.82, 2.24) is 14.5 Å². The third-order valence-corrected chi connectivity index (χ3v) is 6.26. The maximum Gasteiger partial charge on any atom is 0.330 e. The molecule has 3 heterocycles. The van der Waals surface area contributed by atoms with Crippen molar-refractivity contribution in [3.63, 3.8) is 0 Å². The first kappa shape index (κ1) is 21.8. The quantitative estimate of drug-likeness (QED) is 0.715. The Kier molecular flexibility index (Phi) is 6.76. The van der Waals surface area contributed by atoms with Crippen LogP contribution in [0, 0.1) is 5.92 Å². The molecule has 1 aliphatic heterocycles. The predicted molar refractivity (Wildman–Crippen MR) is 117 cm³/mol. The molecule has 0 bridgehead atoms. The first-order valence-electron chi connectivity index (χ1n) is 10.1. The first-order chi connectivity index (χ1) is 14.3. The maximum atomic E-state index is 13.2. The Morgan fingerprint density at radius 3 is 2.80 bits per heavy atom. The van der Waals surface area contributed by atoms with Crippen molar-refractivity contribution in [3.8, 4) is 0 Å². The van der Waals surface area contributed by atoms with Gasteiger partial charge in [0, 0.05) is 26.7 Å². The number of rotatable bonds is 6. The lowest BCUT2D eigenvalue weighted by molar-refractivity contribution is -0.123. The number of likely N-dealkylation sites (tertiary alicyclic amines) is 1. The number of piperidine rings is 1. The fraction of sp³-hybridized carbons (Fsp3) is 0.500. The zero-order valence-electron chi connectivity index (χ0n) is 17.2. The van der Waals surface area contributed by atoms with E-state index >= 15 is 0 Å². The second kappa shape index (κ2) is 9.29. The third kappa shape index (κ3) is 4.33. The number of aromatic nitrogens is 2. The van der Waals surface area contributed by atoms with Gasteiger partial charge < -0.3 is 15.5 Å². The van der Waals surface area contributed by atoms with Crippen LogP contribution in [-0.4, -0.2) is 46.4 Å². The van der Waals surface area contributed by atoms with E-state index in [9.17, 15) is 19.2 Å². The number of hydrogen-bond acceptors (Lipinski definition) is 6. The van der Waals surface area contributed by atoms with E-state index in [1.165, 1.54) is 27.9 Å². The van der Waals surface area contributed by atoms with E-state index in [0.717, 1.165) is 12.8 Å². The molecule has 1 saturated heterocycles. The molecule has 3 N–H and O–H groups in total. The molecule has 2 amide bonds. The van der Waals surface area contributed by atoms with Crippen molar-refractivity contribution in [1.29, 1.82) is 0 Å². The number of aromatic amines is 1. The molecule has 1 fully saturated rings. The van der Waals surface area contributed by atoms with Gasteiger partial charge in [-0.1, -0.05) is 19.4 Å². The number of carbonyl (C=O) groups is 2. The molecule has 2 aromatic rings. The highest BCUT2D eigenvalue weighted by Gasteiger charge is 2.33. The number of nitrogens with one attached hydrogen (secondary N) is 1. The van der Waals surface area contributed by atoms with Gasteiger partial charge in [0.15, 0.2) is 5.69 Å². The molecule has 0 spiro atoms. The summed E-state index contributed by atoms with van der Waals surface area (Å²) in [7, 11) is 1.48. The molecule has 0 aliphatic carbocycles. The van der Waals surface area contributed by atoms with Crippen LogP contribution in [0.1, 0.15) is 42.3 Å². The van der Waals surface area contributed by atoms with Crippen LogP contribution in [0.3, 0.4) is 0 Å². The van der Waals surface area contributed by atoms with Gasteiger partial charge in [0.25, 0.3) is 11.5 Å². The van der Waals surface area contributed by atoms with E-state index < -0.39 is 17.2 Å². The lowest BCUT2D eigenvalue weighted by atomic mass is 9.96. The van der Waals surface area contributed by atoms with Crippen molar-refractivity contribution >= 4 is 34.7 Å². The Bertz CT molecular complexity index is 1030. The number of H-pyrrole nitrogens is 1. The maximum absolute atomic E-state index is 13.2. The Balaban J connectivity index is 1.82. The molecule has 0 saturated carbocycles. The highest BCUT2D eigenvalue weighted by Crippen LogP contribution is 2.24. The molecule has 162 valence electrons. The minimum absolute atomic E-state index is 0.0182. The van der Waals surface area contributed by atoms with Crippen LogP contribution in [0.25, 0.3) is 0 Å². The van der Waals surface area contributed by atoms with Gasteiger partial charge in [-0.15, -0.1) is 11.3 Å². The Hall–Kier alpha value is -2.88. The normalized spacial score (nSPS) is 16.5. The molecular weight excluding hydrogens is 406 g/mol. The minimum atomic E-state index is -0.691. The molecular formula is C20H27N5O4S. The number of amides is 2. The van der Waals surface area contributed by atoms with Crippen molar-refractivity contribution in [2.24, 2.45) is 5.92 Å². The largest absolute Gasteiger partial charge is 0.383 e. The number of nitrogens with two attached hydrogens (primary N) is 1. The van der Waals surface area contributed by atoms with Gasteiger partial charge in [0.05, 0.1) is 10.8 Å². The monoisotopic (exact) mass is 433 g/mol. The number of hydrogen-bond donors (Lipinski definition) is 2. The molecule has 3 rings (SSSR count). The number of thiophene rings is 1. The summed E-state index contributed by atoms with van der Waals surface area (Å²) in [4.78, 5) is 56.2. The van der Waals surface area contributed by atoms with Crippen LogP contribution in [0.15, 0.2) is 27.1 Å². The van der Waals surface area contributed by atoms with Gasteiger partial charge in [-0.3, -0.25) is 23.9 Å². The lowest BCUT2D eigenvalue weighted by Crippen LogP contribution is -2.47. The average Bonchev–Trinajstić information content (AvgIpc) is 3.27. The summed E-state index contributed by atoms with van der Waals surface area (Å²) in [6.07, 6.45) is 2.88. The molecule has 2 aromatic heterocycles. The van der Waals surface area contributed by atoms with E-state index in [4.69, 9.17) is 5.73 Å². The molecule has 1 unspecified atom stereocenters. The molecule has 0 radical (unpaired) electrons. The minimum Gasteiger partial charge on any atom is -0.383 e. The van der Waals surface area contributed by atoms with Crippen LogP contribution in [-0.2, 0) is 11.3 Å². The van der Waals surface area contributed by atoms with Crippen LogP contribution >= 0.6 is 11.3 Å². The van der Waals surface area contributed by atoms with E-state index in [2.05, 4.69) is 4.98 Å². The number of anilines is 2. The zero-order chi connectivity index (χ0) is 21.8. The van der Waals surface area contributed by atoms with Crippen LogP contribution in [0.5, 0.6) is 0 Å². The second-order valence-corrected chi connectivity index (χ2v) is 8.41. The fourth-order valence-corrected chi connectivity index (χ4v) is 4.43. The van der Waals surface area contributed by atoms with E-state index in [1.54, 1.807) is 11.0 Å². The standard InChI is InChI=1S/C20H27N5O4S/c1-3-4-10-25-16(21)15(17(26)22-20(25)29)23(2)18(27)13-7-5-9-24(12-13)19(28)14-8-6-11-30-14/h6,8,11,13H,3-5,7,9-10,12,21H2,1-2H3,(H,22,26,29). The third-order valence-electron chi connectivity index (χ3n) is 5.41. The van der Waals surface area contributed by atoms with Crippen molar-refractivity contribution < 1.29 is 9.59 Å². The number of nitrogens with zero attached hydrogens (tertiary/aromatic N) is 3. The highest BCUT2D eigenvalue weighted by molar-refractivity contribution is 7.12. The molecule has 10 heteroatoms. The molecule has 0 aromatic carbocycles. The Morgan fingerprint density at radius 2 is 2.13 bits per heavy atom. The topological polar surface area (TPSA) is 121 Å². The van der Waals surface area contributed by atoms with Gasteiger partial charge >= 0.3 is 5.69 Å². The Labute approximate surface area is 178 Å². The summed E-state index contributed by atoms with van der Waals surface area (Å²) in [5.74, 6) is -0.843. The van der Waals surface area contributed by atoms with Crippen molar-refractivity contribution in [2.45, 2.75) is 39.2 Å². The van der Waals surface area contributed by atoms with Crippen LogP contribution < -0.4 is 21.9 Å². The summed E-state index contributed by atoms with van der Waals surface area (Å²) in [6, 6.07) is 3.59. The van der Waals surface area contributed by atoms with Gasteiger partial charge in [-0.05, 0) is 30.7 Å². The Morgan fingerprint density at radius 1 is 1.37 bits per heavy atom. The fourth-order valence-electron chi connectivity index (χ4n) is 3.74. The van der Waals surface area contributed by atoms with E-state index in [0.29, 0.717) is 30.8 Å². The summed E-state index contributed by atoms with van der Waals surface area (Å²) in [5, 5.41) is 1.84. The average molecular weight is 434 g/mol. The number of nitrogen functional groups attached to an aromatic ring is 1.